The number of ether oxygens (including phenoxy) is 1. The van der Waals surface area contributed by atoms with Gasteiger partial charge in [0, 0.05) is 17.8 Å². The number of nitrogens with zero attached hydrogens (tertiary/aromatic N) is 2. The summed E-state index contributed by atoms with van der Waals surface area (Å²) in [6, 6.07) is 23.1. The minimum Gasteiger partial charge on any atom is -0.497 e. The standard InChI is InChI=1S/C23H21N3O2/c1-28-20-12-8-18(9-13-20)23(27)25-19-10-6-17(7-11-19)14-15-26-16-24-21-4-2-3-5-22(21)26/h2-13,16H,14-15H2,1H3,(H,25,27). The number of fused-ring (bicyclic) bond motifs is 1. The van der Waals surface area contributed by atoms with Crippen molar-refractivity contribution in [1.82, 2.24) is 9.55 Å². The Hall–Kier alpha value is -3.60. The van der Waals surface area contributed by atoms with Crippen molar-refractivity contribution in [2.75, 3.05) is 12.4 Å². The fraction of sp³-hybridized carbons (Fsp3) is 0.130. The van der Waals surface area contributed by atoms with E-state index in [0.29, 0.717) is 5.56 Å². The van der Waals surface area contributed by atoms with Crippen molar-refractivity contribution in [3.05, 3.63) is 90.3 Å². The largest absolute Gasteiger partial charge is 0.497 e. The maximum atomic E-state index is 12.3. The molecule has 0 saturated heterocycles. The van der Waals surface area contributed by atoms with Gasteiger partial charge in [-0.1, -0.05) is 24.3 Å². The molecule has 0 bridgehead atoms. The first-order chi connectivity index (χ1) is 13.7. The average Bonchev–Trinajstić information content (AvgIpc) is 3.16. The Kier molecular flexibility index (Phi) is 5.06. The maximum absolute atomic E-state index is 12.3. The summed E-state index contributed by atoms with van der Waals surface area (Å²) in [5.74, 6) is 0.590. The highest BCUT2D eigenvalue weighted by atomic mass is 16.5. The highest BCUT2D eigenvalue weighted by Gasteiger charge is 2.07. The Labute approximate surface area is 163 Å². The highest BCUT2D eigenvalue weighted by molar-refractivity contribution is 6.04. The van der Waals surface area contributed by atoms with Gasteiger partial charge in [0.1, 0.15) is 5.75 Å². The number of hydrogen-bond donors (Lipinski definition) is 1. The Bertz CT molecular complexity index is 1080. The third-order valence-electron chi connectivity index (χ3n) is 4.73. The van der Waals surface area contributed by atoms with Crippen LogP contribution in [0.25, 0.3) is 11.0 Å². The van der Waals surface area contributed by atoms with Gasteiger partial charge in [-0.05, 0) is 60.5 Å². The van der Waals surface area contributed by atoms with Crippen LogP contribution >= 0.6 is 0 Å². The first-order valence-electron chi connectivity index (χ1n) is 9.17. The number of carbonyl (C=O) groups is 1. The Morgan fingerprint density at radius 1 is 1.00 bits per heavy atom. The van der Waals surface area contributed by atoms with Gasteiger partial charge in [-0.3, -0.25) is 4.79 Å². The Morgan fingerprint density at radius 2 is 1.75 bits per heavy atom. The van der Waals surface area contributed by atoms with E-state index in [4.69, 9.17) is 4.74 Å². The van der Waals surface area contributed by atoms with Gasteiger partial charge in [0.2, 0.25) is 0 Å². The molecule has 0 aliphatic carbocycles. The lowest BCUT2D eigenvalue weighted by molar-refractivity contribution is 0.102. The van der Waals surface area contributed by atoms with Crippen LogP contribution in [0.5, 0.6) is 5.75 Å². The van der Waals surface area contributed by atoms with Crippen LogP contribution in [0.3, 0.4) is 0 Å². The normalized spacial score (nSPS) is 10.8. The molecule has 1 aromatic heterocycles. The van der Waals surface area contributed by atoms with Gasteiger partial charge in [0.15, 0.2) is 0 Å². The Morgan fingerprint density at radius 3 is 2.50 bits per heavy atom. The number of aromatic nitrogens is 2. The number of amides is 1. The summed E-state index contributed by atoms with van der Waals surface area (Å²) in [6.07, 6.45) is 2.78. The van der Waals surface area contributed by atoms with Gasteiger partial charge in [-0.25, -0.2) is 4.98 Å². The van der Waals surface area contributed by atoms with Gasteiger partial charge in [-0.15, -0.1) is 0 Å². The molecule has 28 heavy (non-hydrogen) atoms. The molecule has 5 nitrogen and oxygen atoms in total. The van der Waals surface area contributed by atoms with Crippen LogP contribution in [0.2, 0.25) is 0 Å². The number of anilines is 1. The minimum atomic E-state index is -0.139. The SMILES string of the molecule is COc1ccc(C(=O)Nc2ccc(CCn3cnc4ccccc43)cc2)cc1. The summed E-state index contributed by atoms with van der Waals surface area (Å²) in [6.45, 7) is 0.859. The number of rotatable bonds is 6. The third-order valence-corrected chi connectivity index (χ3v) is 4.73. The lowest BCUT2D eigenvalue weighted by Gasteiger charge is -2.08. The van der Waals surface area contributed by atoms with Gasteiger partial charge in [0.05, 0.1) is 24.5 Å². The lowest BCUT2D eigenvalue weighted by atomic mass is 10.1. The van der Waals surface area contributed by atoms with Gasteiger partial charge >= 0.3 is 0 Å². The van der Waals surface area contributed by atoms with Crippen LogP contribution in [0.1, 0.15) is 15.9 Å². The fourth-order valence-corrected chi connectivity index (χ4v) is 3.14. The van der Waals surface area contributed by atoms with Gasteiger partial charge < -0.3 is 14.6 Å². The molecule has 1 heterocycles. The monoisotopic (exact) mass is 371 g/mol. The van der Waals surface area contributed by atoms with Crippen LogP contribution in [-0.4, -0.2) is 22.6 Å². The number of nitrogens with one attached hydrogen (secondary N) is 1. The average molecular weight is 371 g/mol. The molecule has 0 aliphatic heterocycles. The first kappa shape index (κ1) is 17.8. The number of methoxy groups -OCH3 is 1. The number of carbonyl (C=O) groups excluding carboxylic acids is 1. The summed E-state index contributed by atoms with van der Waals surface area (Å²) in [5.41, 5.74) is 4.74. The molecule has 0 spiro atoms. The van der Waals surface area contributed by atoms with Crippen LogP contribution in [0.4, 0.5) is 5.69 Å². The van der Waals surface area contributed by atoms with Crippen molar-refractivity contribution in [2.45, 2.75) is 13.0 Å². The van der Waals surface area contributed by atoms with E-state index in [2.05, 4.69) is 20.9 Å². The van der Waals surface area contributed by atoms with Crippen molar-refractivity contribution in [2.24, 2.45) is 0 Å². The zero-order valence-corrected chi connectivity index (χ0v) is 15.6. The topological polar surface area (TPSA) is 56.1 Å². The molecule has 4 aromatic rings. The zero-order chi connectivity index (χ0) is 19.3. The van der Waals surface area contributed by atoms with Crippen LogP contribution < -0.4 is 10.1 Å². The second-order valence-corrected chi connectivity index (χ2v) is 6.56. The molecule has 3 aromatic carbocycles. The lowest BCUT2D eigenvalue weighted by Crippen LogP contribution is -2.11. The first-order valence-corrected chi connectivity index (χ1v) is 9.17. The van der Waals surface area contributed by atoms with E-state index in [1.165, 1.54) is 5.56 Å². The number of hydrogen-bond acceptors (Lipinski definition) is 3. The Balaban J connectivity index is 1.37. The van der Waals surface area contributed by atoms with E-state index in [1.807, 2.05) is 48.8 Å². The van der Waals surface area contributed by atoms with E-state index in [9.17, 15) is 4.79 Å². The van der Waals surface area contributed by atoms with Crippen molar-refractivity contribution >= 4 is 22.6 Å². The summed E-state index contributed by atoms with van der Waals surface area (Å²) in [4.78, 5) is 16.8. The third kappa shape index (κ3) is 3.88. The second-order valence-electron chi connectivity index (χ2n) is 6.56. The van der Waals surface area contributed by atoms with Crippen LogP contribution in [0, 0.1) is 0 Å². The molecular weight excluding hydrogens is 350 g/mol. The van der Waals surface area contributed by atoms with E-state index < -0.39 is 0 Å². The smallest absolute Gasteiger partial charge is 0.255 e. The number of aryl methyl sites for hydroxylation is 2. The van der Waals surface area contributed by atoms with Crippen LogP contribution in [0.15, 0.2) is 79.1 Å². The van der Waals surface area contributed by atoms with E-state index in [1.54, 1.807) is 31.4 Å². The molecule has 0 atom stereocenters. The molecular formula is C23H21N3O2. The molecule has 5 heteroatoms. The zero-order valence-electron chi connectivity index (χ0n) is 15.6. The van der Waals surface area contributed by atoms with E-state index >= 15 is 0 Å². The number of benzene rings is 3. The molecule has 0 fully saturated rings. The van der Waals surface area contributed by atoms with Gasteiger partial charge in [0.25, 0.3) is 5.91 Å². The van der Waals surface area contributed by atoms with Crippen LogP contribution in [-0.2, 0) is 13.0 Å². The predicted octanol–water partition coefficient (Wildman–Crippen LogP) is 4.54. The minimum absolute atomic E-state index is 0.139. The van der Waals surface area contributed by atoms with Gasteiger partial charge in [-0.2, -0.15) is 0 Å². The van der Waals surface area contributed by atoms with E-state index in [0.717, 1.165) is 35.4 Å². The van der Waals surface area contributed by atoms with Crippen molar-refractivity contribution in [3.63, 3.8) is 0 Å². The molecule has 0 radical (unpaired) electrons. The summed E-state index contributed by atoms with van der Waals surface area (Å²) < 4.78 is 7.28. The summed E-state index contributed by atoms with van der Waals surface area (Å²) in [5, 5.41) is 2.92. The molecule has 0 unspecified atom stereocenters. The summed E-state index contributed by atoms with van der Waals surface area (Å²) in [7, 11) is 1.60. The quantitative estimate of drug-likeness (QED) is 0.541. The number of para-hydroxylation sites is 2. The fourth-order valence-electron chi connectivity index (χ4n) is 3.14. The molecule has 1 N–H and O–H groups in total. The molecule has 1 amide bonds. The molecule has 0 saturated carbocycles. The second kappa shape index (κ2) is 7.96. The highest BCUT2D eigenvalue weighted by Crippen LogP contribution is 2.16. The predicted molar refractivity (Wildman–Crippen MR) is 111 cm³/mol. The molecule has 140 valence electrons. The maximum Gasteiger partial charge on any atom is 0.255 e. The number of imidazole rings is 1. The van der Waals surface area contributed by atoms with E-state index in [-0.39, 0.29) is 5.91 Å². The molecule has 0 aliphatic rings. The van der Waals surface area contributed by atoms with Crippen molar-refractivity contribution in [1.29, 1.82) is 0 Å². The van der Waals surface area contributed by atoms with Crippen molar-refractivity contribution in [3.8, 4) is 5.75 Å². The summed E-state index contributed by atoms with van der Waals surface area (Å²) >= 11 is 0. The molecule has 4 rings (SSSR count). The van der Waals surface area contributed by atoms with Crippen molar-refractivity contribution < 1.29 is 9.53 Å².